The summed E-state index contributed by atoms with van der Waals surface area (Å²) in [7, 11) is 0. The lowest BCUT2D eigenvalue weighted by Crippen LogP contribution is -2.45. The van der Waals surface area contributed by atoms with Gasteiger partial charge in [0.05, 0.1) is 12.0 Å². The molecule has 0 radical (unpaired) electrons. The summed E-state index contributed by atoms with van der Waals surface area (Å²) in [5, 5.41) is 28.6. The number of amides is 1. The molecule has 0 spiro atoms. The van der Waals surface area contributed by atoms with Gasteiger partial charge in [-0.2, -0.15) is 5.26 Å². The first-order chi connectivity index (χ1) is 9.56. The standard InChI is InChI=1S/C13H20N2O6/c1-13(2,3)21-12(20)15-9(11(18)19)7-8(10(16)17)5-4-6-14/h8-9H,4-5,7H2,1-3H3,(H,15,20)(H,16,17)(H,18,19)/t8-,9-/m0/s1. The van der Waals surface area contributed by atoms with Crippen LogP contribution in [-0.4, -0.2) is 39.9 Å². The van der Waals surface area contributed by atoms with E-state index in [0.717, 1.165) is 0 Å². The number of ether oxygens (including phenoxy) is 1. The Balaban J connectivity index is 4.75. The van der Waals surface area contributed by atoms with E-state index in [1.807, 2.05) is 0 Å². The lowest BCUT2D eigenvalue weighted by Gasteiger charge is -2.23. The second-order valence-corrected chi connectivity index (χ2v) is 5.50. The number of rotatable bonds is 7. The van der Waals surface area contributed by atoms with Crippen LogP contribution in [0.2, 0.25) is 0 Å². The van der Waals surface area contributed by atoms with Crippen molar-refractivity contribution in [2.24, 2.45) is 5.92 Å². The monoisotopic (exact) mass is 300 g/mol. The highest BCUT2D eigenvalue weighted by Crippen LogP contribution is 2.15. The summed E-state index contributed by atoms with van der Waals surface area (Å²) < 4.78 is 4.93. The van der Waals surface area contributed by atoms with E-state index in [2.05, 4.69) is 5.32 Å². The molecular weight excluding hydrogens is 280 g/mol. The number of carbonyl (C=O) groups excluding carboxylic acids is 1. The second-order valence-electron chi connectivity index (χ2n) is 5.50. The number of alkyl carbamates (subject to hydrolysis) is 1. The maximum Gasteiger partial charge on any atom is 0.408 e. The lowest BCUT2D eigenvalue weighted by molar-refractivity contribution is -0.144. The van der Waals surface area contributed by atoms with Crippen LogP contribution in [-0.2, 0) is 14.3 Å². The molecule has 8 heteroatoms. The molecule has 0 aliphatic rings. The molecule has 0 aliphatic heterocycles. The van der Waals surface area contributed by atoms with Gasteiger partial charge in [0.2, 0.25) is 0 Å². The second kappa shape index (κ2) is 8.09. The van der Waals surface area contributed by atoms with Crippen molar-refractivity contribution in [3.05, 3.63) is 0 Å². The molecule has 2 atom stereocenters. The molecule has 8 nitrogen and oxygen atoms in total. The molecule has 0 saturated heterocycles. The van der Waals surface area contributed by atoms with E-state index in [-0.39, 0.29) is 19.3 Å². The van der Waals surface area contributed by atoms with Crippen LogP contribution in [0.5, 0.6) is 0 Å². The minimum atomic E-state index is -1.39. The van der Waals surface area contributed by atoms with Gasteiger partial charge in [-0.1, -0.05) is 0 Å². The zero-order valence-electron chi connectivity index (χ0n) is 12.3. The maximum atomic E-state index is 11.5. The van der Waals surface area contributed by atoms with Crippen LogP contribution < -0.4 is 5.32 Å². The van der Waals surface area contributed by atoms with Crippen molar-refractivity contribution in [3.8, 4) is 6.07 Å². The molecule has 21 heavy (non-hydrogen) atoms. The topological polar surface area (TPSA) is 137 Å². The molecule has 0 saturated carbocycles. The zero-order valence-corrected chi connectivity index (χ0v) is 12.3. The highest BCUT2D eigenvalue weighted by molar-refractivity contribution is 5.81. The van der Waals surface area contributed by atoms with Crippen LogP contribution in [0.15, 0.2) is 0 Å². The third kappa shape index (κ3) is 8.47. The number of nitriles is 1. The van der Waals surface area contributed by atoms with Crippen molar-refractivity contribution in [2.75, 3.05) is 0 Å². The van der Waals surface area contributed by atoms with Crippen molar-refractivity contribution in [3.63, 3.8) is 0 Å². The van der Waals surface area contributed by atoms with Crippen LogP contribution in [0.4, 0.5) is 4.79 Å². The van der Waals surface area contributed by atoms with Crippen molar-refractivity contribution >= 4 is 18.0 Å². The summed E-state index contributed by atoms with van der Waals surface area (Å²) in [6.07, 6.45) is -1.23. The average molecular weight is 300 g/mol. The Morgan fingerprint density at radius 2 is 1.81 bits per heavy atom. The van der Waals surface area contributed by atoms with E-state index in [1.54, 1.807) is 26.8 Å². The Labute approximate surface area is 122 Å². The molecule has 0 aliphatic carbocycles. The first-order valence-corrected chi connectivity index (χ1v) is 6.39. The first-order valence-electron chi connectivity index (χ1n) is 6.39. The largest absolute Gasteiger partial charge is 0.481 e. The molecule has 0 aromatic rings. The number of nitrogens with zero attached hydrogens (tertiary/aromatic N) is 1. The van der Waals surface area contributed by atoms with Crippen molar-refractivity contribution in [2.45, 2.75) is 51.7 Å². The summed E-state index contributed by atoms with van der Waals surface area (Å²) in [5.41, 5.74) is -0.792. The smallest absolute Gasteiger partial charge is 0.408 e. The van der Waals surface area contributed by atoms with E-state index in [9.17, 15) is 14.4 Å². The molecule has 0 fully saturated rings. The minimum absolute atomic E-state index is 0.00422. The van der Waals surface area contributed by atoms with Gasteiger partial charge in [0.15, 0.2) is 0 Å². The van der Waals surface area contributed by atoms with E-state index in [1.165, 1.54) is 0 Å². The maximum absolute atomic E-state index is 11.5. The van der Waals surface area contributed by atoms with Gasteiger partial charge in [-0.3, -0.25) is 4.79 Å². The van der Waals surface area contributed by atoms with E-state index in [0.29, 0.717) is 0 Å². The van der Waals surface area contributed by atoms with Gasteiger partial charge in [-0.25, -0.2) is 9.59 Å². The molecule has 0 rings (SSSR count). The van der Waals surface area contributed by atoms with E-state index >= 15 is 0 Å². The van der Waals surface area contributed by atoms with Crippen LogP contribution in [0.3, 0.4) is 0 Å². The van der Waals surface area contributed by atoms with E-state index < -0.39 is 35.6 Å². The molecule has 1 amide bonds. The molecule has 0 unspecified atom stereocenters. The molecule has 3 N–H and O–H groups in total. The Bertz CT molecular complexity index is 435. The third-order valence-electron chi connectivity index (χ3n) is 2.46. The number of carbonyl (C=O) groups is 3. The summed E-state index contributed by atoms with van der Waals surface area (Å²) in [5.74, 6) is -3.59. The van der Waals surface area contributed by atoms with Crippen LogP contribution in [0.25, 0.3) is 0 Å². The van der Waals surface area contributed by atoms with Gasteiger partial charge in [0.1, 0.15) is 11.6 Å². The van der Waals surface area contributed by atoms with Crippen molar-refractivity contribution < 1.29 is 29.3 Å². The SMILES string of the molecule is CC(C)(C)OC(=O)N[C@@H](C[C@H](CCC#N)C(=O)O)C(=O)O. The number of nitrogens with one attached hydrogen (secondary N) is 1. The van der Waals surface area contributed by atoms with Gasteiger partial charge in [-0.05, 0) is 33.6 Å². The fourth-order valence-electron chi connectivity index (χ4n) is 1.54. The predicted molar refractivity (Wildman–Crippen MR) is 71.4 cm³/mol. The molecule has 0 aromatic carbocycles. The number of carboxylic acid groups (broad SMARTS) is 2. The van der Waals surface area contributed by atoms with Gasteiger partial charge in [0, 0.05) is 6.42 Å². The molecule has 0 aromatic heterocycles. The van der Waals surface area contributed by atoms with Crippen LogP contribution >= 0.6 is 0 Å². The minimum Gasteiger partial charge on any atom is -0.481 e. The van der Waals surface area contributed by atoms with Gasteiger partial charge in [0.25, 0.3) is 0 Å². The van der Waals surface area contributed by atoms with Gasteiger partial charge >= 0.3 is 18.0 Å². The zero-order chi connectivity index (χ0) is 16.6. The highest BCUT2D eigenvalue weighted by Gasteiger charge is 2.29. The number of hydrogen-bond donors (Lipinski definition) is 3. The first kappa shape index (κ1) is 18.7. The van der Waals surface area contributed by atoms with Crippen molar-refractivity contribution in [1.29, 1.82) is 5.26 Å². The van der Waals surface area contributed by atoms with E-state index in [4.69, 9.17) is 20.2 Å². The summed E-state index contributed by atoms with van der Waals surface area (Å²) >= 11 is 0. The molecule has 0 heterocycles. The fourth-order valence-corrected chi connectivity index (χ4v) is 1.54. The quantitative estimate of drug-likeness (QED) is 0.645. The third-order valence-corrected chi connectivity index (χ3v) is 2.46. The number of hydrogen-bond acceptors (Lipinski definition) is 5. The van der Waals surface area contributed by atoms with Gasteiger partial charge < -0.3 is 20.3 Å². The Morgan fingerprint density at radius 1 is 1.24 bits per heavy atom. The number of carboxylic acids is 2. The summed E-state index contributed by atoms with van der Waals surface area (Å²) in [6, 6.07) is 0.415. The highest BCUT2D eigenvalue weighted by atomic mass is 16.6. The average Bonchev–Trinajstić information content (AvgIpc) is 2.29. The molecular formula is C13H20N2O6. The molecule has 118 valence electrons. The Morgan fingerprint density at radius 3 is 2.19 bits per heavy atom. The van der Waals surface area contributed by atoms with Crippen LogP contribution in [0, 0.1) is 17.2 Å². The fraction of sp³-hybridized carbons (Fsp3) is 0.692. The Kier molecular flexibility index (Phi) is 7.21. The summed E-state index contributed by atoms with van der Waals surface area (Å²) in [6.45, 7) is 4.86. The predicted octanol–water partition coefficient (Wildman–Crippen LogP) is 1.36. The normalized spacial score (nSPS) is 13.6. The summed E-state index contributed by atoms with van der Waals surface area (Å²) in [4.78, 5) is 33.7. The lowest BCUT2D eigenvalue weighted by atomic mass is 9.95. The van der Waals surface area contributed by atoms with Crippen LogP contribution in [0.1, 0.15) is 40.0 Å². The van der Waals surface area contributed by atoms with Gasteiger partial charge in [-0.15, -0.1) is 0 Å². The number of aliphatic carboxylic acids is 2. The van der Waals surface area contributed by atoms with Crippen molar-refractivity contribution in [1.82, 2.24) is 5.32 Å². The molecule has 0 bridgehead atoms. The Hall–Kier alpha value is -2.30.